The highest BCUT2D eigenvalue weighted by molar-refractivity contribution is 5.81. The van der Waals surface area contributed by atoms with Crippen molar-refractivity contribution >= 4 is 5.97 Å². The lowest BCUT2D eigenvalue weighted by Crippen LogP contribution is -2.37. The van der Waals surface area contributed by atoms with E-state index < -0.39 is 11.4 Å². The highest BCUT2D eigenvalue weighted by Crippen LogP contribution is 2.43. The SMILES string of the molecule is C=C1CC(C#N)(C(=O)O)C1. The molecule has 3 nitrogen and oxygen atoms in total. The Morgan fingerprint density at radius 1 is 1.80 bits per heavy atom. The molecule has 1 saturated carbocycles. The first-order valence-corrected chi connectivity index (χ1v) is 2.92. The third-order valence-electron chi connectivity index (χ3n) is 1.73. The second-order valence-electron chi connectivity index (χ2n) is 2.60. The van der Waals surface area contributed by atoms with Crippen LogP contribution in [-0.4, -0.2) is 11.1 Å². The van der Waals surface area contributed by atoms with Gasteiger partial charge in [-0.3, -0.25) is 4.79 Å². The van der Waals surface area contributed by atoms with Crippen molar-refractivity contribution in [2.45, 2.75) is 12.8 Å². The average molecular weight is 137 g/mol. The van der Waals surface area contributed by atoms with Crippen LogP contribution in [0.25, 0.3) is 0 Å². The number of nitrogens with zero attached hydrogens (tertiary/aromatic N) is 1. The minimum absolute atomic E-state index is 0.318. The zero-order valence-electron chi connectivity index (χ0n) is 5.42. The molecule has 0 saturated heterocycles. The summed E-state index contributed by atoms with van der Waals surface area (Å²) in [6, 6.07) is 1.78. The summed E-state index contributed by atoms with van der Waals surface area (Å²) in [5.74, 6) is -1.03. The summed E-state index contributed by atoms with van der Waals surface area (Å²) in [6.07, 6.45) is 0.637. The molecule has 1 fully saturated rings. The zero-order chi connectivity index (χ0) is 7.78. The van der Waals surface area contributed by atoms with Crippen LogP contribution in [0.15, 0.2) is 12.2 Å². The molecule has 0 radical (unpaired) electrons. The van der Waals surface area contributed by atoms with E-state index in [4.69, 9.17) is 10.4 Å². The maximum Gasteiger partial charge on any atom is 0.324 e. The molecule has 0 aliphatic heterocycles. The van der Waals surface area contributed by atoms with Crippen LogP contribution in [0.3, 0.4) is 0 Å². The van der Waals surface area contributed by atoms with Crippen molar-refractivity contribution in [1.82, 2.24) is 0 Å². The van der Waals surface area contributed by atoms with Gasteiger partial charge in [0, 0.05) is 0 Å². The summed E-state index contributed by atoms with van der Waals surface area (Å²) in [5, 5.41) is 17.0. The van der Waals surface area contributed by atoms with Crippen LogP contribution in [-0.2, 0) is 4.79 Å². The van der Waals surface area contributed by atoms with Gasteiger partial charge in [0.05, 0.1) is 6.07 Å². The van der Waals surface area contributed by atoms with Gasteiger partial charge in [0.1, 0.15) is 0 Å². The van der Waals surface area contributed by atoms with E-state index in [-0.39, 0.29) is 0 Å². The number of hydrogen-bond donors (Lipinski definition) is 1. The highest BCUT2D eigenvalue weighted by Gasteiger charge is 2.47. The molecule has 10 heavy (non-hydrogen) atoms. The zero-order valence-corrected chi connectivity index (χ0v) is 5.42. The van der Waals surface area contributed by atoms with Gasteiger partial charge >= 0.3 is 5.97 Å². The van der Waals surface area contributed by atoms with Crippen LogP contribution in [0.2, 0.25) is 0 Å². The molecule has 0 aromatic carbocycles. The van der Waals surface area contributed by atoms with Gasteiger partial charge in [-0.15, -0.1) is 0 Å². The summed E-state index contributed by atoms with van der Waals surface area (Å²) in [6.45, 7) is 3.57. The average Bonchev–Trinajstić information content (AvgIpc) is 1.79. The topological polar surface area (TPSA) is 61.1 Å². The quantitative estimate of drug-likeness (QED) is 0.547. The molecule has 1 N–H and O–H groups in total. The fourth-order valence-corrected chi connectivity index (χ4v) is 1.08. The maximum atomic E-state index is 10.4. The first-order chi connectivity index (χ1) is 4.60. The summed E-state index contributed by atoms with van der Waals surface area (Å²) in [7, 11) is 0. The Hall–Kier alpha value is -1.30. The molecule has 0 aromatic rings. The van der Waals surface area contributed by atoms with Crippen molar-refractivity contribution in [2.75, 3.05) is 0 Å². The molecule has 1 aliphatic rings. The lowest BCUT2D eigenvalue weighted by Gasteiger charge is -2.32. The first kappa shape index (κ1) is 6.81. The molecule has 1 aliphatic carbocycles. The standard InChI is InChI=1S/C7H7NO2/c1-5-2-7(3-5,4-8)6(9)10/h1-3H2,(H,9,10). The molecule has 0 unspecified atom stereocenters. The van der Waals surface area contributed by atoms with Gasteiger partial charge in [0.15, 0.2) is 5.41 Å². The third-order valence-corrected chi connectivity index (χ3v) is 1.73. The Morgan fingerprint density at radius 2 is 2.30 bits per heavy atom. The Kier molecular flexibility index (Phi) is 1.26. The fourth-order valence-electron chi connectivity index (χ4n) is 1.08. The number of carboxylic acid groups (broad SMARTS) is 1. The van der Waals surface area contributed by atoms with Crippen LogP contribution in [0.5, 0.6) is 0 Å². The fraction of sp³-hybridized carbons (Fsp3) is 0.429. The van der Waals surface area contributed by atoms with E-state index in [2.05, 4.69) is 6.58 Å². The van der Waals surface area contributed by atoms with E-state index in [0.717, 1.165) is 5.57 Å². The second-order valence-corrected chi connectivity index (χ2v) is 2.60. The van der Waals surface area contributed by atoms with Gasteiger partial charge in [-0.1, -0.05) is 12.2 Å². The van der Waals surface area contributed by atoms with E-state index >= 15 is 0 Å². The molecule has 0 spiro atoms. The van der Waals surface area contributed by atoms with Crippen molar-refractivity contribution in [2.24, 2.45) is 5.41 Å². The van der Waals surface area contributed by atoms with Gasteiger partial charge in [0.25, 0.3) is 0 Å². The van der Waals surface area contributed by atoms with Crippen LogP contribution in [0.1, 0.15) is 12.8 Å². The number of aliphatic carboxylic acids is 1. The van der Waals surface area contributed by atoms with Crippen molar-refractivity contribution in [1.29, 1.82) is 5.26 Å². The minimum Gasteiger partial charge on any atom is -0.480 e. The maximum absolute atomic E-state index is 10.4. The van der Waals surface area contributed by atoms with E-state index in [1.807, 2.05) is 0 Å². The summed E-state index contributed by atoms with van der Waals surface area (Å²) in [5.41, 5.74) is -0.291. The van der Waals surface area contributed by atoms with Crippen LogP contribution < -0.4 is 0 Å². The molecule has 0 amide bonds. The Bertz CT molecular complexity index is 228. The van der Waals surface area contributed by atoms with Gasteiger partial charge in [-0.05, 0) is 12.8 Å². The molecule has 0 bridgehead atoms. The summed E-state index contributed by atoms with van der Waals surface area (Å²) in [4.78, 5) is 10.4. The van der Waals surface area contributed by atoms with Crippen molar-refractivity contribution in [3.8, 4) is 6.07 Å². The molecule has 1 rings (SSSR count). The molecule has 0 aromatic heterocycles. The van der Waals surface area contributed by atoms with Gasteiger partial charge in [0.2, 0.25) is 0 Å². The lowest BCUT2D eigenvalue weighted by molar-refractivity contribution is -0.147. The number of allylic oxidation sites excluding steroid dienone is 1. The molecule has 52 valence electrons. The molecular weight excluding hydrogens is 130 g/mol. The molecule has 3 heteroatoms. The van der Waals surface area contributed by atoms with Gasteiger partial charge < -0.3 is 5.11 Å². The van der Waals surface area contributed by atoms with E-state index in [1.165, 1.54) is 0 Å². The van der Waals surface area contributed by atoms with Gasteiger partial charge in [-0.25, -0.2) is 0 Å². The second kappa shape index (κ2) is 1.84. The Labute approximate surface area is 58.6 Å². The number of carbonyl (C=O) groups is 1. The lowest BCUT2D eigenvalue weighted by atomic mass is 9.67. The number of rotatable bonds is 1. The smallest absolute Gasteiger partial charge is 0.324 e. The van der Waals surface area contributed by atoms with Gasteiger partial charge in [-0.2, -0.15) is 5.26 Å². The van der Waals surface area contributed by atoms with Crippen LogP contribution in [0.4, 0.5) is 0 Å². The predicted octanol–water partition coefficient (Wildman–Crippen LogP) is 0.931. The van der Waals surface area contributed by atoms with Crippen molar-refractivity contribution in [3.63, 3.8) is 0 Å². The van der Waals surface area contributed by atoms with E-state index in [0.29, 0.717) is 12.8 Å². The van der Waals surface area contributed by atoms with E-state index in [9.17, 15) is 4.79 Å². The molecular formula is C7H7NO2. The monoisotopic (exact) mass is 137 g/mol. The van der Waals surface area contributed by atoms with Crippen molar-refractivity contribution in [3.05, 3.63) is 12.2 Å². The largest absolute Gasteiger partial charge is 0.480 e. The van der Waals surface area contributed by atoms with Crippen LogP contribution in [0, 0.1) is 16.7 Å². The first-order valence-electron chi connectivity index (χ1n) is 2.92. The molecule has 0 atom stereocenters. The van der Waals surface area contributed by atoms with Crippen LogP contribution >= 0.6 is 0 Å². The number of nitriles is 1. The predicted molar refractivity (Wildman–Crippen MR) is 34.1 cm³/mol. The number of hydrogen-bond acceptors (Lipinski definition) is 2. The minimum atomic E-state index is -1.14. The number of carboxylic acids is 1. The Balaban J connectivity index is 2.77. The summed E-state index contributed by atoms with van der Waals surface area (Å²) >= 11 is 0. The Morgan fingerprint density at radius 3 is 2.40 bits per heavy atom. The van der Waals surface area contributed by atoms with E-state index in [1.54, 1.807) is 6.07 Å². The normalized spacial score (nSPS) is 20.9. The highest BCUT2D eigenvalue weighted by atomic mass is 16.4. The molecule has 0 heterocycles. The third kappa shape index (κ3) is 0.695. The van der Waals surface area contributed by atoms with Crippen molar-refractivity contribution < 1.29 is 9.90 Å². The summed E-state index contributed by atoms with van der Waals surface area (Å²) < 4.78 is 0.